The molecule has 0 radical (unpaired) electrons. The molecule has 1 N–H and O–H groups in total. The van der Waals surface area contributed by atoms with Crippen LogP contribution >= 0.6 is 11.6 Å². The Morgan fingerprint density at radius 2 is 1.85 bits per heavy atom. The number of rotatable bonds is 5. The van der Waals surface area contributed by atoms with Crippen LogP contribution in [0, 0.1) is 12.7 Å². The van der Waals surface area contributed by atoms with E-state index in [4.69, 9.17) is 11.6 Å². The van der Waals surface area contributed by atoms with E-state index in [2.05, 4.69) is 4.72 Å². The van der Waals surface area contributed by atoms with Crippen LogP contribution in [0.2, 0.25) is 0 Å². The maximum atomic E-state index is 13.5. The first kappa shape index (κ1) is 18.8. The highest BCUT2D eigenvalue weighted by Gasteiger charge is 2.48. The van der Waals surface area contributed by atoms with Crippen LogP contribution in [0.5, 0.6) is 0 Å². The predicted molar refractivity (Wildman–Crippen MR) is 98.3 cm³/mol. The minimum Gasteiger partial charge on any atom is -0.313 e. The van der Waals surface area contributed by atoms with Crippen molar-refractivity contribution in [2.75, 3.05) is 18.5 Å². The van der Waals surface area contributed by atoms with Gasteiger partial charge in [-0.15, -0.1) is 11.6 Å². The zero-order valence-corrected chi connectivity index (χ0v) is 15.9. The molecule has 26 heavy (non-hydrogen) atoms. The lowest BCUT2D eigenvalue weighted by molar-refractivity contribution is -0.120. The summed E-state index contributed by atoms with van der Waals surface area (Å²) in [6.45, 7) is 1.83. The fourth-order valence-corrected chi connectivity index (χ4v) is 4.42. The minimum atomic E-state index is -3.70. The van der Waals surface area contributed by atoms with E-state index in [1.165, 1.54) is 42.3 Å². The number of nitrogens with zero attached hydrogens (tertiary/aromatic N) is 1. The van der Waals surface area contributed by atoms with E-state index >= 15 is 0 Å². The van der Waals surface area contributed by atoms with Gasteiger partial charge in [0, 0.05) is 19.2 Å². The van der Waals surface area contributed by atoms with Crippen LogP contribution in [0.3, 0.4) is 0 Å². The van der Waals surface area contributed by atoms with Crippen molar-refractivity contribution in [3.8, 4) is 0 Å². The number of alkyl halides is 1. The largest absolute Gasteiger partial charge is 0.313 e. The van der Waals surface area contributed by atoms with Crippen LogP contribution in [-0.4, -0.2) is 27.9 Å². The first-order chi connectivity index (χ1) is 12.1. The third-order valence-corrected chi connectivity index (χ3v) is 6.52. The number of nitrogens with one attached hydrogen (secondary N) is 1. The molecule has 1 unspecified atom stereocenters. The number of fused-ring (bicyclic) bond motifs is 1. The number of carbonyl (C=O) groups excluding carboxylic acids is 1. The molecule has 0 saturated heterocycles. The number of likely N-dealkylation sites (N-methyl/N-ethyl adjacent to an activating group) is 1. The molecule has 1 atom stereocenters. The Balaban J connectivity index is 1.77. The Morgan fingerprint density at radius 1 is 1.19 bits per heavy atom. The van der Waals surface area contributed by atoms with Gasteiger partial charge in [0.15, 0.2) is 4.87 Å². The van der Waals surface area contributed by atoms with Gasteiger partial charge < -0.3 is 4.90 Å². The quantitative estimate of drug-likeness (QED) is 0.790. The lowest BCUT2D eigenvalue weighted by Crippen LogP contribution is -2.37. The number of amides is 1. The molecule has 0 fully saturated rings. The lowest BCUT2D eigenvalue weighted by Gasteiger charge is -2.21. The summed E-state index contributed by atoms with van der Waals surface area (Å²) < 4.78 is 40.7. The molecule has 1 aliphatic heterocycles. The Hall–Kier alpha value is -1.96. The van der Waals surface area contributed by atoms with E-state index in [0.717, 1.165) is 5.56 Å². The number of benzene rings is 2. The summed E-state index contributed by atoms with van der Waals surface area (Å²) in [6.07, 6.45) is 0.0431. The molecular formula is C18H18ClFN2O3S. The van der Waals surface area contributed by atoms with Crippen molar-refractivity contribution >= 4 is 33.2 Å². The normalized spacial score (nSPS) is 19.7. The summed E-state index contributed by atoms with van der Waals surface area (Å²) in [5.41, 5.74) is 1.82. The van der Waals surface area contributed by atoms with Gasteiger partial charge in [-0.1, -0.05) is 23.8 Å². The summed E-state index contributed by atoms with van der Waals surface area (Å²) in [5.74, 6) is -0.876. The van der Waals surface area contributed by atoms with Gasteiger partial charge in [0.1, 0.15) is 5.82 Å². The van der Waals surface area contributed by atoms with Crippen LogP contribution in [0.4, 0.5) is 10.1 Å². The molecule has 2 aromatic rings. The van der Waals surface area contributed by atoms with Gasteiger partial charge in [-0.25, -0.2) is 17.5 Å². The van der Waals surface area contributed by atoms with Crippen molar-refractivity contribution in [2.45, 2.75) is 23.1 Å². The maximum Gasteiger partial charge on any atom is 0.252 e. The van der Waals surface area contributed by atoms with Gasteiger partial charge >= 0.3 is 0 Å². The summed E-state index contributed by atoms with van der Waals surface area (Å²) in [5, 5.41) is 0. The van der Waals surface area contributed by atoms with E-state index in [1.54, 1.807) is 12.1 Å². The Morgan fingerprint density at radius 3 is 2.50 bits per heavy atom. The van der Waals surface area contributed by atoms with Crippen molar-refractivity contribution in [3.05, 3.63) is 59.4 Å². The molecule has 0 bridgehead atoms. The van der Waals surface area contributed by atoms with E-state index in [-0.39, 0.29) is 17.9 Å². The third kappa shape index (κ3) is 3.22. The Labute approximate surface area is 156 Å². The van der Waals surface area contributed by atoms with Gasteiger partial charge in [0.25, 0.3) is 5.91 Å². The average Bonchev–Trinajstić information content (AvgIpc) is 2.77. The first-order valence-corrected chi connectivity index (χ1v) is 9.85. The molecule has 0 spiro atoms. The second-order valence-electron chi connectivity index (χ2n) is 6.29. The van der Waals surface area contributed by atoms with Crippen LogP contribution in [0.1, 0.15) is 17.5 Å². The molecule has 5 nitrogen and oxygen atoms in total. The lowest BCUT2D eigenvalue weighted by atomic mass is 9.96. The number of aryl methyl sites for hydroxylation is 1. The molecular weight excluding hydrogens is 379 g/mol. The first-order valence-electron chi connectivity index (χ1n) is 7.98. The summed E-state index contributed by atoms with van der Waals surface area (Å²) in [4.78, 5) is 12.6. The number of halogens is 2. The van der Waals surface area contributed by atoms with Gasteiger partial charge in [-0.3, -0.25) is 4.79 Å². The van der Waals surface area contributed by atoms with Crippen molar-refractivity contribution < 1.29 is 17.6 Å². The number of hydrogen-bond donors (Lipinski definition) is 1. The topological polar surface area (TPSA) is 66.5 Å². The van der Waals surface area contributed by atoms with Gasteiger partial charge in [-0.2, -0.15) is 0 Å². The molecule has 8 heteroatoms. The molecule has 0 aliphatic carbocycles. The summed E-state index contributed by atoms with van der Waals surface area (Å²) in [7, 11) is -2.19. The van der Waals surface area contributed by atoms with Crippen molar-refractivity contribution in [2.24, 2.45) is 0 Å². The van der Waals surface area contributed by atoms with Crippen molar-refractivity contribution in [1.82, 2.24) is 4.72 Å². The molecule has 0 saturated carbocycles. The van der Waals surface area contributed by atoms with Gasteiger partial charge in [0.2, 0.25) is 10.0 Å². The average molecular weight is 397 g/mol. The molecule has 3 rings (SSSR count). The fraction of sp³-hybridized carbons (Fsp3) is 0.278. The SMILES string of the molecule is Cc1ccc(S(=O)(=O)NCCC2(Cl)C(=O)N(C)c3cc(F)ccc32)cc1. The van der Waals surface area contributed by atoms with E-state index in [0.29, 0.717) is 11.3 Å². The van der Waals surface area contributed by atoms with Crippen molar-refractivity contribution in [3.63, 3.8) is 0 Å². The molecule has 1 heterocycles. The summed E-state index contributed by atoms with van der Waals surface area (Å²) in [6, 6.07) is 10.4. The number of sulfonamides is 1. The summed E-state index contributed by atoms with van der Waals surface area (Å²) >= 11 is 6.55. The number of anilines is 1. The minimum absolute atomic E-state index is 0.0316. The second kappa shape index (κ2) is 6.64. The molecule has 1 aliphatic rings. The van der Waals surface area contributed by atoms with Crippen LogP contribution in [-0.2, 0) is 19.7 Å². The molecule has 2 aromatic carbocycles. The van der Waals surface area contributed by atoms with Gasteiger partial charge in [0.05, 0.1) is 10.6 Å². The highest BCUT2D eigenvalue weighted by atomic mass is 35.5. The smallest absolute Gasteiger partial charge is 0.252 e. The van der Waals surface area contributed by atoms with E-state index < -0.39 is 26.6 Å². The van der Waals surface area contributed by atoms with Crippen molar-refractivity contribution in [1.29, 1.82) is 0 Å². The van der Waals surface area contributed by atoms with Crippen LogP contribution < -0.4 is 9.62 Å². The Kier molecular flexibility index (Phi) is 4.81. The van der Waals surface area contributed by atoms with E-state index in [9.17, 15) is 17.6 Å². The third-order valence-electron chi connectivity index (χ3n) is 4.48. The fourth-order valence-electron chi connectivity index (χ4n) is 3.01. The highest BCUT2D eigenvalue weighted by molar-refractivity contribution is 7.89. The zero-order chi connectivity index (χ0) is 19.1. The zero-order valence-electron chi connectivity index (χ0n) is 14.3. The van der Waals surface area contributed by atoms with Crippen LogP contribution in [0.15, 0.2) is 47.4 Å². The standard InChI is InChI=1S/C18H18ClFN2O3S/c1-12-3-6-14(7-4-12)26(24,25)21-10-9-18(19)15-8-5-13(20)11-16(15)22(2)17(18)23/h3-8,11,21H,9-10H2,1-2H3. The highest BCUT2D eigenvalue weighted by Crippen LogP contribution is 2.46. The monoisotopic (exact) mass is 396 g/mol. The number of carbonyl (C=O) groups is 1. The molecule has 0 aromatic heterocycles. The molecule has 1 amide bonds. The number of hydrogen-bond acceptors (Lipinski definition) is 3. The van der Waals surface area contributed by atoms with Gasteiger partial charge in [-0.05, 0) is 37.6 Å². The molecule has 138 valence electrons. The predicted octanol–water partition coefficient (Wildman–Crippen LogP) is 2.91. The maximum absolute atomic E-state index is 13.5. The van der Waals surface area contributed by atoms with E-state index in [1.807, 2.05) is 6.92 Å². The Bertz CT molecular complexity index is 963. The second-order valence-corrected chi connectivity index (χ2v) is 8.70. The van der Waals surface area contributed by atoms with Crippen LogP contribution in [0.25, 0.3) is 0 Å².